The highest BCUT2D eigenvalue weighted by atomic mass is 14.6. The molecular formula is C17H30. The van der Waals surface area contributed by atoms with E-state index in [1.54, 1.807) is 19.3 Å². The van der Waals surface area contributed by atoms with Crippen molar-refractivity contribution in [3.05, 3.63) is 0 Å². The summed E-state index contributed by atoms with van der Waals surface area (Å²) in [5, 5.41) is 0. The molecule has 3 rings (SSSR count). The predicted molar refractivity (Wildman–Crippen MR) is 73.9 cm³/mol. The number of rotatable bonds is 0. The van der Waals surface area contributed by atoms with Gasteiger partial charge in [0.2, 0.25) is 0 Å². The molecule has 0 aromatic heterocycles. The van der Waals surface area contributed by atoms with Crippen molar-refractivity contribution in [3.8, 4) is 0 Å². The van der Waals surface area contributed by atoms with Crippen LogP contribution in [0.4, 0.5) is 0 Å². The molecule has 0 aliphatic heterocycles. The summed E-state index contributed by atoms with van der Waals surface area (Å²) in [6.07, 6.45) is 13.7. The van der Waals surface area contributed by atoms with Crippen LogP contribution in [0, 0.1) is 28.6 Å². The first-order valence-corrected chi connectivity index (χ1v) is 8.04. The van der Waals surface area contributed by atoms with Gasteiger partial charge >= 0.3 is 0 Å². The lowest BCUT2D eigenvalue weighted by Crippen LogP contribution is -2.52. The zero-order chi connectivity index (χ0) is 12.1. The van der Waals surface area contributed by atoms with Gasteiger partial charge in [-0.3, -0.25) is 0 Å². The summed E-state index contributed by atoms with van der Waals surface area (Å²) in [5.41, 5.74) is 1.32. The smallest absolute Gasteiger partial charge is 0.0261 e. The van der Waals surface area contributed by atoms with E-state index in [9.17, 15) is 0 Å². The lowest BCUT2D eigenvalue weighted by molar-refractivity contribution is -0.108. The van der Waals surface area contributed by atoms with Crippen molar-refractivity contribution in [2.24, 2.45) is 28.6 Å². The van der Waals surface area contributed by atoms with Gasteiger partial charge in [0.1, 0.15) is 0 Å². The summed E-state index contributed by atoms with van der Waals surface area (Å²) in [5.74, 6) is 3.19. The average molecular weight is 234 g/mol. The van der Waals surface area contributed by atoms with Gasteiger partial charge in [-0.05, 0) is 60.7 Å². The van der Waals surface area contributed by atoms with E-state index in [0.29, 0.717) is 10.8 Å². The van der Waals surface area contributed by atoms with Crippen molar-refractivity contribution in [2.45, 2.75) is 78.6 Å². The number of fused-ring (bicyclic) bond motifs is 3. The van der Waals surface area contributed by atoms with E-state index in [0.717, 1.165) is 17.8 Å². The summed E-state index contributed by atoms with van der Waals surface area (Å²) < 4.78 is 0. The van der Waals surface area contributed by atoms with Crippen LogP contribution in [0.5, 0.6) is 0 Å². The molecule has 17 heavy (non-hydrogen) atoms. The van der Waals surface area contributed by atoms with Crippen LogP contribution in [0.25, 0.3) is 0 Å². The lowest BCUT2D eigenvalue weighted by Gasteiger charge is -2.60. The third-order valence-corrected chi connectivity index (χ3v) is 6.86. The topological polar surface area (TPSA) is 0 Å². The van der Waals surface area contributed by atoms with E-state index >= 15 is 0 Å². The van der Waals surface area contributed by atoms with Crippen LogP contribution in [0.15, 0.2) is 0 Å². The molecule has 0 bridgehead atoms. The molecular weight excluding hydrogens is 204 g/mol. The Kier molecular flexibility index (Phi) is 2.84. The molecule has 3 unspecified atom stereocenters. The van der Waals surface area contributed by atoms with E-state index in [-0.39, 0.29) is 0 Å². The summed E-state index contributed by atoms with van der Waals surface area (Å²) in [4.78, 5) is 0. The molecule has 0 amide bonds. The molecule has 3 saturated carbocycles. The van der Waals surface area contributed by atoms with Crippen molar-refractivity contribution < 1.29 is 0 Å². The molecule has 4 atom stereocenters. The van der Waals surface area contributed by atoms with Crippen LogP contribution in [0.2, 0.25) is 0 Å². The summed E-state index contributed by atoms with van der Waals surface area (Å²) in [6.45, 7) is 7.77. The van der Waals surface area contributed by atoms with Gasteiger partial charge in [0.15, 0.2) is 0 Å². The van der Waals surface area contributed by atoms with Crippen molar-refractivity contribution >= 4 is 0 Å². The van der Waals surface area contributed by atoms with Gasteiger partial charge < -0.3 is 0 Å². The van der Waals surface area contributed by atoms with Crippen LogP contribution in [0.3, 0.4) is 0 Å². The number of hydrogen-bond acceptors (Lipinski definition) is 0. The third kappa shape index (κ3) is 1.78. The van der Waals surface area contributed by atoms with Crippen molar-refractivity contribution in [1.29, 1.82) is 0 Å². The van der Waals surface area contributed by atoms with Gasteiger partial charge in [-0.2, -0.15) is 0 Å². The highest BCUT2D eigenvalue weighted by molar-refractivity contribution is 5.04. The second-order valence-electron chi connectivity index (χ2n) is 8.13. The molecule has 98 valence electrons. The molecule has 0 nitrogen and oxygen atoms in total. The third-order valence-electron chi connectivity index (χ3n) is 6.86. The quantitative estimate of drug-likeness (QED) is 0.525. The van der Waals surface area contributed by atoms with Crippen LogP contribution in [-0.4, -0.2) is 0 Å². The fraction of sp³-hybridized carbons (Fsp3) is 1.00. The van der Waals surface area contributed by atoms with E-state index in [4.69, 9.17) is 0 Å². The zero-order valence-corrected chi connectivity index (χ0v) is 12.1. The minimum Gasteiger partial charge on any atom is -0.0596 e. The van der Waals surface area contributed by atoms with E-state index in [1.807, 2.05) is 0 Å². The molecule has 0 heteroatoms. The predicted octanol–water partition coefficient (Wildman–Crippen LogP) is 5.42. The Balaban J connectivity index is 1.90. The molecule has 0 aromatic carbocycles. The normalized spacial score (nSPS) is 49.2. The second-order valence-corrected chi connectivity index (χ2v) is 8.13. The Labute approximate surface area is 108 Å². The number of hydrogen-bond donors (Lipinski definition) is 0. The Morgan fingerprint density at radius 1 is 0.765 bits per heavy atom. The van der Waals surface area contributed by atoms with E-state index in [1.165, 1.54) is 38.5 Å². The molecule has 0 aromatic rings. The summed E-state index contributed by atoms with van der Waals surface area (Å²) in [6, 6.07) is 0. The summed E-state index contributed by atoms with van der Waals surface area (Å²) in [7, 11) is 0. The van der Waals surface area contributed by atoms with Gasteiger partial charge in [-0.15, -0.1) is 0 Å². The van der Waals surface area contributed by atoms with Crippen LogP contribution < -0.4 is 0 Å². The minimum absolute atomic E-state index is 0.620. The van der Waals surface area contributed by atoms with Crippen molar-refractivity contribution in [3.63, 3.8) is 0 Å². The maximum Gasteiger partial charge on any atom is -0.0261 e. The van der Waals surface area contributed by atoms with Gasteiger partial charge in [0.05, 0.1) is 0 Å². The van der Waals surface area contributed by atoms with Gasteiger partial charge in [0.25, 0.3) is 0 Å². The second kappa shape index (κ2) is 4.00. The van der Waals surface area contributed by atoms with Crippen LogP contribution >= 0.6 is 0 Å². The molecule has 0 N–H and O–H groups in total. The highest BCUT2D eigenvalue weighted by Gasteiger charge is 2.54. The Morgan fingerprint density at radius 3 is 2.35 bits per heavy atom. The monoisotopic (exact) mass is 234 g/mol. The van der Waals surface area contributed by atoms with Gasteiger partial charge in [-0.25, -0.2) is 0 Å². The minimum atomic E-state index is 0.620. The van der Waals surface area contributed by atoms with Gasteiger partial charge in [0, 0.05) is 0 Å². The first kappa shape index (κ1) is 12.1. The molecule has 0 saturated heterocycles. The first-order chi connectivity index (χ1) is 8.04. The maximum absolute atomic E-state index is 2.67. The van der Waals surface area contributed by atoms with Crippen LogP contribution in [-0.2, 0) is 0 Å². The standard InChI is InChI=1S/C17H30/c1-16(2)11-6-12-17(3)14-8-5-4-7-13(14)9-10-15(16)17/h13-15H,4-12H2,1-3H3/t13?,14?,15?,17-/m1/s1. The summed E-state index contributed by atoms with van der Waals surface area (Å²) >= 11 is 0. The molecule has 3 aliphatic carbocycles. The Morgan fingerprint density at radius 2 is 1.53 bits per heavy atom. The molecule has 0 heterocycles. The van der Waals surface area contributed by atoms with Gasteiger partial charge in [-0.1, -0.05) is 46.5 Å². The average Bonchev–Trinajstić information content (AvgIpc) is 2.28. The van der Waals surface area contributed by atoms with Crippen molar-refractivity contribution in [1.82, 2.24) is 0 Å². The Bertz CT molecular complexity index is 290. The fourth-order valence-corrected chi connectivity index (χ4v) is 6.13. The molecule has 3 fully saturated rings. The molecule has 3 aliphatic rings. The Hall–Kier alpha value is 0. The zero-order valence-electron chi connectivity index (χ0n) is 12.1. The van der Waals surface area contributed by atoms with E-state index < -0.39 is 0 Å². The largest absolute Gasteiger partial charge is 0.0596 e. The molecule has 0 radical (unpaired) electrons. The first-order valence-electron chi connectivity index (χ1n) is 8.04. The molecule has 0 spiro atoms. The lowest BCUT2D eigenvalue weighted by atomic mass is 9.45. The fourth-order valence-electron chi connectivity index (χ4n) is 6.13. The van der Waals surface area contributed by atoms with Crippen LogP contribution in [0.1, 0.15) is 78.6 Å². The highest BCUT2D eigenvalue weighted by Crippen LogP contribution is 2.63. The SMILES string of the molecule is CC1(C)CCC[C@]2(C)C3CCCCC3CCC12. The van der Waals surface area contributed by atoms with E-state index in [2.05, 4.69) is 20.8 Å². The maximum atomic E-state index is 2.67. The van der Waals surface area contributed by atoms with Crippen molar-refractivity contribution in [2.75, 3.05) is 0 Å².